The van der Waals surface area contributed by atoms with E-state index in [1.165, 1.54) is 12.8 Å². The summed E-state index contributed by atoms with van der Waals surface area (Å²) in [5.74, 6) is 2.63. The molecule has 0 amide bonds. The highest BCUT2D eigenvalue weighted by atomic mass is 16.1. The second kappa shape index (κ2) is 8.55. The summed E-state index contributed by atoms with van der Waals surface area (Å²) in [6, 6.07) is 9.26. The maximum Gasteiger partial charge on any atom is 0.266 e. The molecule has 160 valence electrons. The summed E-state index contributed by atoms with van der Waals surface area (Å²) >= 11 is 0. The lowest BCUT2D eigenvalue weighted by molar-refractivity contribution is 0.242. The maximum absolute atomic E-state index is 12.3. The van der Waals surface area contributed by atoms with Crippen molar-refractivity contribution < 1.29 is 0 Å². The molecule has 1 saturated heterocycles. The Hall–Kier alpha value is -3.13. The SMILES string of the molecule is Cc1cc(N2CCN(CCn3nc(-c4ccncc4)ccc3=O)CC2)nc(C2CC2)n1. The van der Waals surface area contributed by atoms with Crippen molar-refractivity contribution in [2.24, 2.45) is 0 Å². The number of rotatable bonds is 6. The minimum atomic E-state index is -0.0690. The summed E-state index contributed by atoms with van der Waals surface area (Å²) in [5.41, 5.74) is 2.73. The minimum Gasteiger partial charge on any atom is -0.354 e. The van der Waals surface area contributed by atoms with Gasteiger partial charge in [-0.05, 0) is 38.0 Å². The highest BCUT2D eigenvalue weighted by Crippen LogP contribution is 2.38. The van der Waals surface area contributed by atoms with Gasteiger partial charge in [0.1, 0.15) is 11.6 Å². The van der Waals surface area contributed by atoms with Crippen molar-refractivity contribution in [2.75, 3.05) is 37.6 Å². The Kier molecular flexibility index (Phi) is 5.46. The number of aromatic nitrogens is 5. The zero-order valence-corrected chi connectivity index (χ0v) is 17.8. The Balaban J connectivity index is 1.20. The number of pyridine rings is 1. The van der Waals surface area contributed by atoms with Crippen LogP contribution in [0.1, 0.15) is 30.3 Å². The van der Waals surface area contributed by atoms with E-state index in [9.17, 15) is 4.79 Å². The van der Waals surface area contributed by atoms with Crippen LogP contribution in [0.5, 0.6) is 0 Å². The zero-order valence-electron chi connectivity index (χ0n) is 17.8. The van der Waals surface area contributed by atoms with Crippen LogP contribution in [0.2, 0.25) is 0 Å². The van der Waals surface area contributed by atoms with Crippen molar-refractivity contribution in [1.29, 1.82) is 0 Å². The number of hydrogen-bond acceptors (Lipinski definition) is 7. The average molecular weight is 418 g/mol. The number of piperazine rings is 1. The molecular weight excluding hydrogens is 390 g/mol. The lowest BCUT2D eigenvalue weighted by Gasteiger charge is -2.35. The van der Waals surface area contributed by atoms with Gasteiger partial charge in [0.15, 0.2) is 0 Å². The summed E-state index contributed by atoms with van der Waals surface area (Å²) in [7, 11) is 0. The summed E-state index contributed by atoms with van der Waals surface area (Å²) in [5, 5.41) is 4.55. The fraction of sp³-hybridized carbons (Fsp3) is 0.435. The second-order valence-corrected chi connectivity index (χ2v) is 8.34. The third-order valence-corrected chi connectivity index (χ3v) is 5.97. The Morgan fingerprint density at radius 3 is 2.48 bits per heavy atom. The van der Waals surface area contributed by atoms with Crippen LogP contribution in [0.25, 0.3) is 11.3 Å². The van der Waals surface area contributed by atoms with Crippen molar-refractivity contribution in [2.45, 2.75) is 32.2 Å². The van der Waals surface area contributed by atoms with Gasteiger partial charge in [0.25, 0.3) is 5.56 Å². The first-order valence-corrected chi connectivity index (χ1v) is 11.0. The quantitative estimate of drug-likeness (QED) is 0.608. The van der Waals surface area contributed by atoms with E-state index in [2.05, 4.69) is 37.9 Å². The molecule has 0 bridgehead atoms. The molecule has 0 N–H and O–H groups in total. The molecule has 1 aliphatic carbocycles. The first kappa shape index (κ1) is 19.8. The van der Waals surface area contributed by atoms with Crippen LogP contribution in [-0.2, 0) is 6.54 Å². The summed E-state index contributed by atoms with van der Waals surface area (Å²) in [4.78, 5) is 30.5. The van der Waals surface area contributed by atoms with E-state index in [4.69, 9.17) is 4.98 Å². The molecule has 4 heterocycles. The molecule has 3 aromatic rings. The van der Waals surface area contributed by atoms with E-state index in [-0.39, 0.29) is 5.56 Å². The largest absolute Gasteiger partial charge is 0.354 e. The van der Waals surface area contributed by atoms with Gasteiger partial charge in [0, 0.05) is 74.4 Å². The standard InChI is InChI=1S/C23H27N7O/c1-17-16-21(26-23(25-17)19-2-3-19)29-13-10-28(11-14-29)12-15-30-22(31)5-4-20(27-30)18-6-8-24-9-7-18/h4-9,16,19H,2-3,10-15H2,1H3. The van der Waals surface area contributed by atoms with Gasteiger partial charge in [-0.2, -0.15) is 5.10 Å². The van der Waals surface area contributed by atoms with E-state index >= 15 is 0 Å². The van der Waals surface area contributed by atoms with Crippen LogP contribution in [0.4, 0.5) is 5.82 Å². The van der Waals surface area contributed by atoms with E-state index < -0.39 is 0 Å². The third-order valence-electron chi connectivity index (χ3n) is 5.97. The first-order valence-electron chi connectivity index (χ1n) is 11.0. The Bertz CT molecular complexity index is 1100. The molecule has 2 aliphatic rings. The lowest BCUT2D eigenvalue weighted by Crippen LogP contribution is -2.48. The smallest absolute Gasteiger partial charge is 0.266 e. The molecule has 8 heteroatoms. The average Bonchev–Trinajstić information content (AvgIpc) is 3.65. The molecule has 0 unspecified atom stereocenters. The number of hydrogen-bond donors (Lipinski definition) is 0. The molecule has 0 radical (unpaired) electrons. The van der Waals surface area contributed by atoms with E-state index in [0.29, 0.717) is 12.5 Å². The zero-order chi connectivity index (χ0) is 21.2. The van der Waals surface area contributed by atoms with Gasteiger partial charge in [-0.3, -0.25) is 14.7 Å². The predicted molar refractivity (Wildman–Crippen MR) is 119 cm³/mol. The Morgan fingerprint density at radius 2 is 1.74 bits per heavy atom. The van der Waals surface area contributed by atoms with Crippen LogP contribution < -0.4 is 10.5 Å². The van der Waals surface area contributed by atoms with Crippen LogP contribution >= 0.6 is 0 Å². The maximum atomic E-state index is 12.3. The van der Waals surface area contributed by atoms with Crippen molar-refractivity contribution in [3.05, 3.63) is 64.6 Å². The molecule has 5 rings (SSSR count). The normalized spacial score (nSPS) is 17.1. The van der Waals surface area contributed by atoms with Gasteiger partial charge in [-0.25, -0.2) is 14.6 Å². The highest BCUT2D eigenvalue weighted by molar-refractivity contribution is 5.57. The van der Waals surface area contributed by atoms with Crippen molar-refractivity contribution >= 4 is 5.82 Å². The summed E-state index contributed by atoms with van der Waals surface area (Å²) < 4.78 is 1.57. The Morgan fingerprint density at radius 1 is 0.968 bits per heavy atom. The number of anilines is 1. The molecule has 1 aliphatic heterocycles. The van der Waals surface area contributed by atoms with E-state index in [1.54, 1.807) is 29.2 Å². The van der Waals surface area contributed by atoms with Gasteiger partial charge in [0.2, 0.25) is 0 Å². The van der Waals surface area contributed by atoms with Gasteiger partial charge < -0.3 is 4.90 Å². The van der Waals surface area contributed by atoms with Crippen molar-refractivity contribution in [1.82, 2.24) is 29.6 Å². The fourth-order valence-electron chi connectivity index (χ4n) is 3.98. The van der Waals surface area contributed by atoms with Crippen LogP contribution in [0.15, 0.2) is 47.5 Å². The molecule has 1 saturated carbocycles. The molecule has 0 atom stereocenters. The van der Waals surface area contributed by atoms with E-state index in [0.717, 1.165) is 61.3 Å². The number of aryl methyl sites for hydroxylation is 1. The van der Waals surface area contributed by atoms with Crippen molar-refractivity contribution in [3.63, 3.8) is 0 Å². The minimum absolute atomic E-state index is 0.0690. The lowest BCUT2D eigenvalue weighted by atomic mass is 10.2. The first-order chi connectivity index (χ1) is 15.2. The molecule has 31 heavy (non-hydrogen) atoms. The van der Waals surface area contributed by atoms with Gasteiger partial charge in [-0.15, -0.1) is 0 Å². The summed E-state index contributed by atoms with van der Waals surface area (Å²) in [6.45, 7) is 7.19. The van der Waals surface area contributed by atoms with Gasteiger partial charge in [0.05, 0.1) is 12.2 Å². The fourth-order valence-corrected chi connectivity index (χ4v) is 3.98. The van der Waals surface area contributed by atoms with E-state index in [1.807, 2.05) is 12.1 Å². The molecular formula is C23H27N7O. The molecule has 0 spiro atoms. The monoisotopic (exact) mass is 417 g/mol. The van der Waals surface area contributed by atoms with Crippen LogP contribution in [-0.4, -0.2) is 62.4 Å². The van der Waals surface area contributed by atoms with Crippen LogP contribution in [0, 0.1) is 6.92 Å². The number of nitrogens with zero attached hydrogens (tertiary/aromatic N) is 7. The molecule has 8 nitrogen and oxygen atoms in total. The van der Waals surface area contributed by atoms with Crippen molar-refractivity contribution in [3.8, 4) is 11.3 Å². The van der Waals surface area contributed by atoms with Crippen LogP contribution in [0.3, 0.4) is 0 Å². The highest BCUT2D eigenvalue weighted by Gasteiger charge is 2.28. The second-order valence-electron chi connectivity index (χ2n) is 8.34. The molecule has 0 aromatic carbocycles. The molecule has 2 fully saturated rings. The predicted octanol–water partition coefficient (Wildman–Crippen LogP) is 2.10. The molecule has 3 aromatic heterocycles. The summed E-state index contributed by atoms with van der Waals surface area (Å²) in [6.07, 6.45) is 5.90. The topological polar surface area (TPSA) is 80.0 Å². The third kappa shape index (κ3) is 4.64. The Labute approximate surface area is 181 Å². The van der Waals surface area contributed by atoms with Gasteiger partial charge in [-0.1, -0.05) is 0 Å². The van der Waals surface area contributed by atoms with Gasteiger partial charge >= 0.3 is 0 Å².